The van der Waals surface area contributed by atoms with Gasteiger partial charge in [0, 0.05) is 0 Å². The lowest BCUT2D eigenvalue weighted by molar-refractivity contribution is 0.441. The van der Waals surface area contributed by atoms with Gasteiger partial charge >= 0.3 is 0 Å². The summed E-state index contributed by atoms with van der Waals surface area (Å²) in [6.45, 7) is 3.97. The molecule has 0 aliphatic heterocycles. The third-order valence-corrected chi connectivity index (χ3v) is 1.57. The zero-order valence-corrected chi connectivity index (χ0v) is 6.42. The molecular formula is C8H13NO. The Labute approximate surface area is 61.0 Å². The fraction of sp³-hybridized carbons (Fsp3) is 0.500. The third kappa shape index (κ3) is 1.39. The fourth-order valence-corrected chi connectivity index (χ4v) is 0.854. The van der Waals surface area contributed by atoms with Gasteiger partial charge in [-0.2, -0.15) is 0 Å². The lowest BCUT2D eigenvalue weighted by atomic mass is 10.2. The van der Waals surface area contributed by atoms with Crippen LogP contribution < -0.4 is 5.73 Å². The summed E-state index contributed by atoms with van der Waals surface area (Å²) in [4.78, 5) is 0. The van der Waals surface area contributed by atoms with Crippen LogP contribution >= 0.6 is 0 Å². The van der Waals surface area contributed by atoms with Crippen LogP contribution in [0.2, 0.25) is 0 Å². The van der Waals surface area contributed by atoms with E-state index in [0.717, 1.165) is 17.9 Å². The summed E-state index contributed by atoms with van der Waals surface area (Å²) >= 11 is 0. The average molecular weight is 139 g/mol. The first kappa shape index (κ1) is 7.35. The first-order valence-corrected chi connectivity index (χ1v) is 3.56. The minimum atomic E-state index is 0.0636. The zero-order valence-electron chi connectivity index (χ0n) is 6.42. The minimum Gasteiger partial charge on any atom is -0.465 e. The molecule has 1 unspecified atom stereocenters. The van der Waals surface area contributed by atoms with Crippen molar-refractivity contribution in [2.75, 3.05) is 0 Å². The number of hydrogen-bond donors (Lipinski definition) is 1. The molecule has 0 radical (unpaired) electrons. The highest BCUT2D eigenvalue weighted by molar-refractivity contribution is 5.08. The third-order valence-electron chi connectivity index (χ3n) is 1.57. The van der Waals surface area contributed by atoms with Crippen LogP contribution in [0, 0.1) is 6.92 Å². The molecule has 0 amide bonds. The van der Waals surface area contributed by atoms with Crippen LogP contribution in [0.3, 0.4) is 0 Å². The molecule has 1 rings (SSSR count). The lowest BCUT2D eigenvalue weighted by Gasteiger charge is -2.02. The van der Waals surface area contributed by atoms with E-state index in [1.54, 1.807) is 0 Å². The van der Waals surface area contributed by atoms with E-state index >= 15 is 0 Å². The van der Waals surface area contributed by atoms with Crippen molar-refractivity contribution in [1.29, 1.82) is 0 Å². The Hall–Kier alpha value is -0.760. The molecule has 0 aliphatic carbocycles. The molecule has 2 N–H and O–H groups in total. The van der Waals surface area contributed by atoms with Crippen molar-refractivity contribution >= 4 is 0 Å². The Morgan fingerprint density at radius 2 is 2.30 bits per heavy atom. The van der Waals surface area contributed by atoms with Gasteiger partial charge < -0.3 is 10.2 Å². The average Bonchev–Trinajstić information content (AvgIpc) is 2.34. The van der Waals surface area contributed by atoms with Gasteiger partial charge in [0.1, 0.15) is 11.5 Å². The standard InChI is InChI=1S/C8H13NO/c1-3-7(9)8-5-4-6(2)10-8/h4-5,7H,3,9H2,1-2H3. The molecule has 1 heterocycles. The van der Waals surface area contributed by atoms with Gasteiger partial charge in [0.2, 0.25) is 0 Å². The Bertz CT molecular complexity index is 205. The molecule has 2 heteroatoms. The molecule has 0 fully saturated rings. The Morgan fingerprint density at radius 3 is 2.70 bits per heavy atom. The number of nitrogens with two attached hydrogens (primary N) is 1. The lowest BCUT2D eigenvalue weighted by Crippen LogP contribution is -2.06. The maximum atomic E-state index is 5.71. The normalized spacial score (nSPS) is 13.5. The topological polar surface area (TPSA) is 39.2 Å². The smallest absolute Gasteiger partial charge is 0.120 e. The fourth-order valence-electron chi connectivity index (χ4n) is 0.854. The first-order valence-electron chi connectivity index (χ1n) is 3.56. The van der Waals surface area contributed by atoms with Gasteiger partial charge in [-0.1, -0.05) is 6.92 Å². The van der Waals surface area contributed by atoms with Gasteiger partial charge in [0.15, 0.2) is 0 Å². The second kappa shape index (κ2) is 2.88. The van der Waals surface area contributed by atoms with Crippen LogP contribution in [-0.2, 0) is 0 Å². The predicted molar refractivity (Wildman–Crippen MR) is 40.7 cm³/mol. The van der Waals surface area contributed by atoms with Crippen molar-refractivity contribution in [3.63, 3.8) is 0 Å². The number of furan rings is 1. The van der Waals surface area contributed by atoms with E-state index in [1.165, 1.54) is 0 Å². The molecule has 10 heavy (non-hydrogen) atoms. The monoisotopic (exact) mass is 139 g/mol. The summed E-state index contributed by atoms with van der Waals surface area (Å²) in [6.07, 6.45) is 0.924. The summed E-state index contributed by atoms with van der Waals surface area (Å²) in [5.41, 5.74) is 5.71. The first-order chi connectivity index (χ1) is 4.74. The molecule has 1 aromatic rings. The summed E-state index contributed by atoms with van der Waals surface area (Å²) in [7, 11) is 0. The molecule has 0 bridgehead atoms. The molecule has 0 saturated heterocycles. The van der Waals surface area contributed by atoms with Gasteiger partial charge in [0.25, 0.3) is 0 Å². The highest BCUT2D eigenvalue weighted by Crippen LogP contribution is 2.15. The van der Waals surface area contributed by atoms with Crippen LogP contribution in [0.25, 0.3) is 0 Å². The molecule has 2 nitrogen and oxygen atoms in total. The van der Waals surface area contributed by atoms with Gasteiger partial charge in [-0.3, -0.25) is 0 Å². The number of rotatable bonds is 2. The summed E-state index contributed by atoms with van der Waals surface area (Å²) in [6, 6.07) is 3.93. The van der Waals surface area contributed by atoms with Crippen molar-refractivity contribution in [2.45, 2.75) is 26.3 Å². The highest BCUT2D eigenvalue weighted by atomic mass is 16.3. The van der Waals surface area contributed by atoms with Crippen LogP contribution in [0.1, 0.15) is 30.9 Å². The van der Waals surface area contributed by atoms with E-state index in [-0.39, 0.29) is 6.04 Å². The maximum Gasteiger partial charge on any atom is 0.120 e. The van der Waals surface area contributed by atoms with E-state index < -0.39 is 0 Å². The highest BCUT2D eigenvalue weighted by Gasteiger charge is 2.05. The molecule has 1 atom stereocenters. The second-order valence-electron chi connectivity index (χ2n) is 2.46. The molecule has 0 aliphatic rings. The largest absolute Gasteiger partial charge is 0.465 e. The van der Waals surface area contributed by atoms with Crippen molar-refractivity contribution < 1.29 is 4.42 Å². The summed E-state index contributed by atoms with van der Waals surface area (Å²) < 4.78 is 5.31. The molecular weight excluding hydrogens is 126 g/mol. The van der Waals surface area contributed by atoms with E-state index in [1.807, 2.05) is 26.0 Å². The van der Waals surface area contributed by atoms with Gasteiger partial charge in [-0.25, -0.2) is 0 Å². The van der Waals surface area contributed by atoms with Crippen molar-refractivity contribution in [3.8, 4) is 0 Å². The van der Waals surface area contributed by atoms with Crippen LogP contribution in [0.4, 0.5) is 0 Å². The molecule has 0 aromatic carbocycles. The molecule has 0 spiro atoms. The van der Waals surface area contributed by atoms with Crippen molar-refractivity contribution in [2.24, 2.45) is 5.73 Å². The van der Waals surface area contributed by atoms with Gasteiger partial charge in [-0.05, 0) is 25.5 Å². The Morgan fingerprint density at radius 1 is 1.60 bits per heavy atom. The van der Waals surface area contributed by atoms with E-state index in [2.05, 4.69) is 0 Å². The Balaban J connectivity index is 2.74. The second-order valence-corrected chi connectivity index (χ2v) is 2.46. The minimum absolute atomic E-state index is 0.0636. The Kier molecular flexibility index (Phi) is 2.12. The van der Waals surface area contributed by atoms with Crippen LogP contribution in [0.15, 0.2) is 16.5 Å². The van der Waals surface area contributed by atoms with Crippen molar-refractivity contribution in [3.05, 3.63) is 23.7 Å². The van der Waals surface area contributed by atoms with E-state index in [4.69, 9.17) is 10.2 Å². The maximum absolute atomic E-state index is 5.71. The molecule has 0 saturated carbocycles. The van der Waals surface area contributed by atoms with Crippen molar-refractivity contribution in [1.82, 2.24) is 0 Å². The van der Waals surface area contributed by atoms with Crippen LogP contribution in [0.5, 0.6) is 0 Å². The van der Waals surface area contributed by atoms with Gasteiger partial charge in [0.05, 0.1) is 6.04 Å². The van der Waals surface area contributed by atoms with E-state index in [9.17, 15) is 0 Å². The number of hydrogen-bond acceptors (Lipinski definition) is 2. The van der Waals surface area contributed by atoms with E-state index in [0.29, 0.717) is 0 Å². The van der Waals surface area contributed by atoms with Gasteiger partial charge in [-0.15, -0.1) is 0 Å². The molecule has 56 valence electrons. The quantitative estimate of drug-likeness (QED) is 0.680. The summed E-state index contributed by atoms with van der Waals surface area (Å²) in [5, 5.41) is 0. The SMILES string of the molecule is CCC(N)c1ccc(C)o1. The summed E-state index contributed by atoms with van der Waals surface area (Å²) in [5.74, 6) is 1.82. The van der Waals surface area contributed by atoms with Crippen LogP contribution in [-0.4, -0.2) is 0 Å². The zero-order chi connectivity index (χ0) is 7.56. The molecule has 1 aromatic heterocycles. The number of aryl methyl sites for hydroxylation is 1. The predicted octanol–water partition coefficient (Wildman–Crippen LogP) is 2.00.